The molecule has 0 saturated heterocycles. The summed E-state index contributed by atoms with van der Waals surface area (Å²) in [5.74, 6) is -0.173. The molecule has 1 unspecified atom stereocenters. The summed E-state index contributed by atoms with van der Waals surface area (Å²) in [7, 11) is 0. The van der Waals surface area contributed by atoms with Gasteiger partial charge in [-0.05, 0) is 28.0 Å². The molecule has 3 N–H and O–H groups in total. The topological polar surface area (TPSA) is 112 Å². The molecular weight excluding hydrogens is 286 g/mol. The number of hydrogen-bond acceptors (Lipinski definition) is 5. The largest absolute Gasteiger partial charge is 0.508 e. The van der Waals surface area contributed by atoms with Gasteiger partial charge in [-0.2, -0.15) is 0 Å². The van der Waals surface area contributed by atoms with Crippen molar-refractivity contribution in [1.82, 2.24) is 9.97 Å². The summed E-state index contributed by atoms with van der Waals surface area (Å²) in [5, 5.41) is 31.5. The number of rotatable bonds is 3. The molecule has 0 fully saturated rings. The second kappa shape index (κ2) is 5.42. The van der Waals surface area contributed by atoms with Gasteiger partial charge in [-0.15, -0.1) is 0 Å². The smallest absolute Gasteiger partial charge is 0.346 e. The molecule has 0 spiro atoms. The first-order valence-electron chi connectivity index (χ1n) is 6.83. The van der Waals surface area contributed by atoms with Crippen LogP contribution in [-0.4, -0.2) is 25.1 Å². The molecule has 118 valence electrons. The Morgan fingerprint density at radius 2 is 2.00 bits per heavy atom. The zero-order valence-electron chi connectivity index (χ0n) is 12.9. The van der Waals surface area contributed by atoms with Crippen molar-refractivity contribution in [2.45, 2.75) is 39.2 Å². The Morgan fingerprint density at radius 3 is 2.55 bits per heavy atom. The lowest BCUT2D eigenvalue weighted by molar-refractivity contribution is -0.390. The van der Waals surface area contributed by atoms with Crippen molar-refractivity contribution in [1.29, 1.82) is 0 Å². The Bertz CT molecular complexity index is 716. The number of imidazole rings is 1. The Hall–Kier alpha value is -2.41. The Labute approximate surface area is 127 Å². The molecule has 0 bridgehead atoms. The molecule has 2 aromatic rings. The third-order valence-corrected chi connectivity index (χ3v) is 3.46. The number of aryl methyl sites for hydroxylation is 1. The van der Waals surface area contributed by atoms with Crippen LogP contribution in [-0.2, 0) is 5.41 Å². The van der Waals surface area contributed by atoms with Crippen molar-refractivity contribution in [2.75, 3.05) is 0 Å². The van der Waals surface area contributed by atoms with Gasteiger partial charge in [0.25, 0.3) is 0 Å². The molecule has 7 heteroatoms. The van der Waals surface area contributed by atoms with Gasteiger partial charge in [0.15, 0.2) is 11.5 Å². The van der Waals surface area contributed by atoms with Crippen molar-refractivity contribution in [2.24, 2.45) is 0 Å². The van der Waals surface area contributed by atoms with E-state index in [4.69, 9.17) is 0 Å². The minimum Gasteiger partial charge on any atom is -0.508 e. The number of nitro groups is 1. The van der Waals surface area contributed by atoms with Crippen molar-refractivity contribution < 1.29 is 15.1 Å². The van der Waals surface area contributed by atoms with E-state index in [-0.39, 0.29) is 28.2 Å². The van der Waals surface area contributed by atoms with Crippen LogP contribution in [0.5, 0.6) is 5.75 Å². The van der Waals surface area contributed by atoms with Gasteiger partial charge in [0.1, 0.15) is 11.9 Å². The summed E-state index contributed by atoms with van der Waals surface area (Å²) in [6.45, 7) is 7.55. The highest BCUT2D eigenvalue weighted by Crippen LogP contribution is 2.35. The lowest BCUT2D eigenvalue weighted by Gasteiger charge is -2.21. The van der Waals surface area contributed by atoms with Crippen LogP contribution in [0.25, 0.3) is 0 Å². The van der Waals surface area contributed by atoms with Gasteiger partial charge in [-0.25, -0.2) is 9.97 Å². The van der Waals surface area contributed by atoms with Crippen molar-refractivity contribution in [3.05, 3.63) is 51.0 Å². The summed E-state index contributed by atoms with van der Waals surface area (Å²) < 4.78 is 0. The lowest BCUT2D eigenvalue weighted by atomic mass is 9.85. The number of aliphatic hydroxyl groups excluding tert-OH is 1. The van der Waals surface area contributed by atoms with Gasteiger partial charge in [-0.1, -0.05) is 26.8 Å². The van der Waals surface area contributed by atoms with Crippen LogP contribution in [0.15, 0.2) is 18.2 Å². The Balaban J connectivity index is 2.54. The summed E-state index contributed by atoms with van der Waals surface area (Å²) in [4.78, 5) is 16.9. The second-order valence-electron chi connectivity index (χ2n) is 6.24. The number of H-pyrrole nitrogens is 1. The monoisotopic (exact) mass is 305 g/mol. The number of aromatic nitrogens is 2. The SMILES string of the molecule is Cc1nc(C(O)c2cc(C(C)(C)C)ccc2O)c([N+](=O)[O-])[nH]1. The molecule has 1 aromatic heterocycles. The van der Waals surface area contributed by atoms with Gasteiger partial charge in [0.05, 0.1) is 0 Å². The molecular formula is C15H19N3O4. The third-order valence-electron chi connectivity index (χ3n) is 3.46. The first kappa shape index (κ1) is 16.0. The van der Waals surface area contributed by atoms with Crippen LogP contribution >= 0.6 is 0 Å². The van der Waals surface area contributed by atoms with E-state index in [1.807, 2.05) is 20.8 Å². The van der Waals surface area contributed by atoms with Crippen LogP contribution in [0.2, 0.25) is 0 Å². The summed E-state index contributed by atoms with van der Waals surface area (Å²) >= 11 is 0. The van der Waals surface area contributed by atoms with Crippen LogP contribution in [0.4, 0.5) is 5.82 Å². The number of nitrogens with zero attached hydrogens (tertiary/aromatic N) is 2. The number of phenols is 1. The molecule has 1 atom stereocenters. The second-order valence-corrected chi connectivity index (χ2v) is 6.24. The Kier molecular flexibility index (Phi) is 3.93. The standard InChI is InChI=1S/C15H19N3O4/c1-8-16-12(14(17-8)18(21)22)13(20)10-7-9(15(2,3)4)5-6-11(10)19/h5-7,13,19-20H,1-4H3,(H,16,17). The maximum absolute atomic E-state index is 11.0. The van der Waals surface area contributed by atoms with E-state index in [1.54, 1.807) is 19.1 Å². The number of nitrogens with one attached hydrogen (secondary N) is 1. The fourth-order valence-corrected chi connectivity index (χ4v) is 2.21. The highest BCUT2D eigenvalue weighted by Gasteiger charge is 2.28. The molecule has 0 aliphatic rings. The fraction of sp³-hybridized carbons (Fsp3) is 0.400. The summed E-state index contributed by atoms with van der Waals surface area (Å²) in [6.07, 6.45) is -1.38. The van der Waals surface area contributed by atoms with E-state index < -0.39 is 11.0 Å². The third kappa shape index (κ3) is 2.94. The highest BCUT2D eigenvalue weighted by molar-refractivity contribution is 5.45. The molecule has 0 aliphatic heterocycles. The first-order chi connectivity index (χ1) is 10.1. The molecule has 2 rings (SSSR count). The number of aromatic hydroxyl groups is 1. The van der Waals surface area contributed by atoms with Crippen molar-refractivity contribution in [3.63, 3.8) is 0 Å². The fourth-order valence-electron chi connectivity index (χ4n) is 2.21. The van der Waals surface area contributed by atoms with Crippen molar-refractivity contribution >= 4 is 5.82 Å². The van der Waals surface area contributed by atoms with E-state index in [1.165, 1.54) is 6.07 Å². The number of aliphatic hydroxyl groups is 1. The van der Waals surface area contributed by atoms with Crippen LogP contribution in [0.1, 0.15) is 49.5 Å². The summed E-state index contributed by atoms with van der Waals surface area (Å²) in [5.41, 5.74) is 0.801. The van der Waals surface area contributed by atoms with Crippen LogP contribution < -0.4 is 0 Å². The van der Waals surface area contributed by atoms with E-state index in [2.05, 4.69) is 9.97 Å². The minimum absolute atomic E-state index is 0.108. The number of hydrogen-bond donors (Lipinski definition) is 3. The predicted molar refractivity (Wildman–Crippen MR) is 80.8 cm³/mol. The van der Waals surface area contributed by atoms with Gasteiger partial charge in [0, 0.05) is 12.5 Å². The average Bonchev–Trinajstić information content (AvgIpc) is 2.79. The molecule has 22 heavy (non-hydrogen) atoms. The number of aromatic amines is 1. The molecule has 1 aromatic carbocycles. The predicted octanol–water partition coefficient (Wildman–Crippen LogP) is 2.71. The van der Waals surface area contributed by atoms with Crippen LogP contribution in [0, 0.1) is 17.0 Å². The highest BCUT2D eigenvalue weighted by atomic mass is 16.6. The molecule has 7 nitrogen and oxygen atoms in total. The first-order valence-corrected chi connectivity index (χ1v) is 6.83. The minimum atomic E-state index is -1.38. The van der Waals surface area contributed by atoms with Gasteiger partial charge in [0.2, 0.25) is 0 Å². The number of benzene rings is 1. The van der Waals surface area contributed by atoms with E-state index in [0.717, 1.165) is 5.56 Å². The summed E-state index contributed by atoms with van der Waals surface area (Å²) in [6, 6.07) is 4.88. The normalized spacial score (nSPS) is 13.1. The molecule has 0 radical (unpaired) electrons. The molecule has 1 heterocycles. The van der Waals surface area contributed by atoms with Gasteiger partial charge < -0.3 is 20.3 Å². The maximum Gasteiger partial charge on any atom is 0.346 e. The maximum atomic E-state index is 11.0. The zero-order chi connectivity index (χ0) is 16.7. The molecule has 0 aliphatic carbocycles. The van der Waals surface area contributed by atoms with Gasteiger partial charge >= 0.3 is 5.82 Å². The lowest BCUT2D eigenvalue weighted by Crippen LogP contribution is -2.12. The average molecular weight is 305 g/mol. The Morgan fingerprint density at radius 1 is 1.36 bits per heavy atom. The van der Waals surface area contributed by atoms with Crippen molar-refractivity contribution in [3.8, 4) is 5.75 Å². The zero-order valence-corrected chi connectivity index (χ0v) is 12.9. The molecule has 0 saturated carbocycles. The number of phenolic OH excluding ortho intramolecular Hbond substituents is 1. The van der Waals surface area contributed by atoms with Crippen LogP contribution in [0.3, 0.4) is 0 Å². The van der Waals surface area contributed by atoms with E-state index in [0.29, 0.717) is 5.82 Å². The van der Waals surface area contributed by atoms with Gasteiger partial charge in [-0.3, -0.25) is 0 Å². The quantitative estimate of drug-likeness (QED) is 0.596. The van der Waals surface area contributed by atoms with E-state index in [9.17, 15) is 20.3 Å². The van der Waals surface area contributed by atoms with E-state index >= 15 is 0 Å². The molecule has 0 amide bonds.